The van der Waals surface area contributed by atoms with E-state index in [2.05, 4.69) is 68.6 Å². The molecule has 1 aromatic heterocycles. The topological polar surface area (TPSA) is 44.8 Å². The molecule has 7 heteroatoms. The molecule has 0 unspecified atom stereocenters. The molecule has 0 radical (unpaired) electrons. The summed E-state index contributed by atoms with van der Waals surface area (Å²) in [5, 5.41) is 8.11. The van der Waals surface area contributed by atoms with E-state index in [-0.39, 0.29) is 5.82 Å². The number of hydrogen-bond donors (Lipinski definition) is 1. The summed E-state index contributed by atoms with van der Waals surface area (Å²) in [5.41, 5.74) is 3.39. The zero-order chi connectivity index (χ0) is 19.6. The summed E-state index contributed by atoms with van der Waals surface area (Å²) < 4.78 is 13.0. The van der Waals surface area contributed by atoms with Crippen LogP contribution in [0.4, 0.5) is 15.8 Å². The molecule has 1 aliphatic rings. The lowest BCUT2D eigenvalue weighted by atomic mass is 10.2. The lowest BCUT2D eigenvalue weighted by Gasteiger charge is -2.31. The Morgan fingerprint density at radius 1 is 0.897 bits per heavy atom. The number of thioether (sulfide) groups is 1. The molecule has 1 aliphatic heterocycles. The van der Waals surface area contributed by atoms with Crippen LogP contribution in [0.3, 0.4) is 0 Å². The fourth-order valence-corrected chi connectivity index (χ4v) is 5.11. The number of aromatic amines is 1. The molecular weight excluding hydrogens is 403 g/mol. The zero-order valence-electron chi connectivity index (χ0n) is 15.4. The Morgan fingerprint density at radius 2 is 1.55 bits per heavy atom. The molecule has 0 fully saturated rings. The van der Waals surface area contributed by atoms with E-state index in [1.807, 2.05) is 0 Å². The fraction of sp³-hybridized carbons (Fsp3) is 0.0909. The molecule has 144 valence electrons. The van der Waals surface area contributed by atoms with Gasteiger partial charge in [-0.05, 0) is 42.0 Å². The lowest BCUT2D eigenvalue weighted by Crippen LogP contribution is -2.20. The summed E-state index contributed by atoms with van der Waals surface area (Å²) in [6, 6.07) is 23.3. The lowest BCUT2D eigenvalue weighted by molar-refractivity contribution is 0.627. The summed E-state index contributed by atoms with van der Waals surface area (Å²) >= 11 is 3.32. The number of H-pyrrole nitrogens is 1. The SMILES string of the molecule is Fc1ccc(CSc2n[nH]c(CN3c4ccccc4Sc4ccccc43)n2)cc1. The average molecular weight is 421 g/mol. The van der Waals surface area contributed by atoms with Crippen LogP contribution in [0.2, 0.25) is 0 Å². The summed E-state index contributed by atoms with van der Waals surface area (Å²) in [5.74, 6) is 1.28. The van der Waals surface area contributed by atoms with Crippen LogP contribution in [0.1, 0.15) is 11.4 Å². The first-order chi connectivity index (χ1) is 14.3. The zero-order valence-corrected chi connectivity index (χ0v) is 17.0. The second-order valence-electron chi connectivity index (χ2n) is 6.60. The van der Waals surface area contributed by atoms with Crippen LogP contribution < -0.4 is 4.90 Å². The highest BCUT2D eigenvalue weighted by molar-refractivity contribution is 7.99. The van der Waals surface area contributed by atoms with Gasteiger partial charge in [0.15, 0.2) is 0 Å². The van der Waals surface area contributed by atoms with Gasteiger partial charge in [-0.1, -0.05) is 59.9 Å². The van der Waals surface area contributed by atoms with E-state index >= 15 is 0 Å². The maximum absolute atomic E-state index is 13.0. The molecule has 0 amide bonds. The van der Waals surface area contributed by atoms with Crippen molar-refractivity contribution in [3.8, 4) is 0 Å². The van der Waals surface area contributed by atoms with Gasteiger partial charge in [0.05, 0.1) is 17.9 Å². The third kappa shape index (κ3) is 3.88. The number of fused-ring (bicyclic) bond motifs is 2. The molecule has 4 aromatic rings. The molecule has 0 saturated heterocycles. The van der Waals surface area contributed by atoms with Gasteiger partial charge >= 0.3 is 0 Å². The Bertz CT molecular complexity index is 1100. The van der Waals surface area contributed by atoms with Crippen LogP contribution in [0.15, 0.2) is 87.7 Å². The molecule has 0 atom stereocenters. The van der Waals surface area contributed by atoms with Crippen molar-refractivity contribution in [2.75, 3.05) is 4.90 Å². The number of para-hydroxylation sites is 2. The highest BCUT2D eigenvalue weighted by Gasteiger charge is 2.23. The molecule has 0 spiro atoms. The quantitative estimate of drug-likeness (QED) is 0.399. The van der Waals surface area contributed by atoms with E-state index in [1.165, 1.54) is 45.1 Å². The molecule has 0 aliphatic carbocycles. The van der Waals surface area contributed by atoms with Crippen molar-refractivity contribution in [3.63, 3.8) is 0 Å². The minimum absolute atomic E-state index is 0.223. The molecule has 0 saturated carbocycles. The van der Waals surface area contributed by atoms with Gasteiger partial charge in [-0.2, -0.15) is 0 Å². The van der Waals surface area contributed by atoms with Gasteiger partial charge in [-0.15, -0.1) is 5.10 Å². The first-order valence-electron chi connectivity index (χ1n) is 9.18. The second-order valence-corrected chi connectivity index (χ2v) is 8.63. The average Bonchev–Trinajstić information content (AvgIpc) is 3.21. The van der Waals surface area contributed by atoms with Crippen molar-refractivity contribution in [1.82, 2.24) is 15.2 Å². The number of hydrogen-bond acceptors (Lipinski definition) is 5. The van der Waals surface area contributed by atoms with Gasteiger partial charge in [0.25, 0.3) is 0 Å². The third-order valence-corrected chi connectivity index (χ3v) is 6.68. The van der Waals surface area contributed by atoms with Gasteiger partial charge in [0.2, 0.25) is 5.16 Å². The smallest absolute Gasteiger partial charge is 0.208 e. The van der Waals surface area contributed by atoms with E-state index in [0.717, 1.165) is 11.4 Å². The predicted molar refractivity (Wildman–Crippen MR) is 115 cm³/mol. The molecule has 3 aromatic carbocycles. The van der Waals surface area contributed by atoms with Crippen molar-refractivity contribution < 1.29 is 4.39 Å². The summed E-state index contributed by atoms with van der Waals surface area (Å²) in [6.07, 6.45) is 0. The number of anilines is 2. The largest absolute Gasteiger partial charge is 0.332 e. The molecule has 1 N–H and O–H groups in total. The summed E-state index contributed by atoms with van der Waals surface area (Å²) in [6.45, 7) is 0.610. The van der Waals surface area contributed by atoms with Crippen LogP contribution in [0.25, 0.3) is 0 Å². The second kappa shape index (κ2) is 7.93. The first-order valence-corrected chi connectivity index (χ1v) is 11.0. The molecule has 2 heterocycles. The van der Waals surface area contributed by atoms with Gasteiger partial charge in [0, 0.05) is 15.5 Å². The third-order valence-electron chi connectivity index (χ3n) is 4.63. The van der Waals surface area contributed by atoms with Crippen LogP contribution in [-0.4, -0.2) is 15.2 Å². The number of halogens is 1. The van der Waals surface area contributed by atoms with Crippen LogP contribution >= 0.6 is 23.5 Å². The first kappa shape index (κ1) is 18.3. The Labute approximate surface area is 176 Å². The Kier molecular flexibility index (Phi) is 4.99. The van der Waals surface area contributed by atoms with Gasteiger partial charge in [-0.25, -0.2) is 9.37 Å². The fourth-order valence-electron chi connectivity index (χ4n) is 3.24. The molecular formula is C22H17FN4S2. The van der Waals surface area contributed by atoms with Crippen molar-refractivity contribution in [1.29, 1.82) is 0 Å². The summed E-state index contributed by atoms with van der Waals surface area (Å²) in [7, 11) is 0. The standard InChI is InChI=1S/C22H17FN4S2/c23-16-11-9-15(10-12-16)14-28-22-24-21(25-26-22)13-27-17-5-1-3-7-19(17)29-20-8-4-2-6-18(20)27/h1-12H,13-14H2,(H,24,25,26). The molecule has 5 rings (SSSR count). The molecule has 0 bridgehead atoms. The van der Waals surface area contributed by atoms with E-state index in [4.69, 9.17) is 0 Å². The van der Waals surface area contributed by atoms with Crippen molar-refractivity contribution >= 4 is 34.9 Å². The monoisotopic (exact) mass is 420 g/mol. The minimum atomic E-state index is -0.223. The minimum Gasteiger partial charge on any atom is -0.332 e. The Hall–Kier alpha value is -2.77. The van der Waals surface area contributed by atoms with Crippen LogP contribution in [-0.2, 0) is 12.3 Å². The van der Waals surface area contributed by atoms with E-state index in [1.54, 1.807) is 23.9 Å². The number of aromatic nitrogens is 3. The molecule has 4 nitrogen and oxygen atoms in total. The van der Waals surface area contributed by atoms with Gasteiger partial charge in [-0.3, -0.25) is 5.10 Å². The van der Waals surface area contributed by atoms with Gasteiger partial charge < -0.3 is 4.90 Å². The highest BCUT2D eigenvalue weighted by atomic mass is 32.2. The highest BCUT2D eigenvalue weighted by Crippen LogP contribution is 2.48. The number of nitrogens with zero attached hydrogens (tertiary/aromatic N) is 3. The maximum Gasteiger partial charge on any atom is 0.208 e. The number of nitrogens with one attached hydrogen (secondary N) is 1. The van der Waals surface area contributed by atoms with E-state index in [0.29, 0.717) is 17.5 Å². The normalized spacial score (nSPS) is 12.5. The van der Waals surface area contributed by atoms with Crippen molar-refractivity contribution in [2.24, 2.45) is 0 Å². The number of benzene rings is 3. The van der Waals surface area contributed by atoms with E-state index in [9.17, 15) is 4.39 Å². The maximum atomic E-state index is 13.0. The summed E-state index contributed by atoms with van der Waals surface area (Å²) in [4.78, 5) is 9.40. The Balaban J connectivity index is 1.35. The number of rotatable bonds is 5. The van der Waals surface area contributed by atoms with Crippen molar-refractivity contribution in [2.45, 2.75) is 27.2 Å². The Morgan fingerprint density at radius 3 is 2.24 bits per heavy atom. The van der Waals surface area contributed by atoms with Gasteiger partial charge in [0.1, 0.15) is 11.6 Å². The van der Waals surface area contributed by atoms with E-state index < -0.39 is 0 Å². The molecule has 29 heavy (non-hydrogen) atoms. The van der Waals surface area contributed by atoms with Crippen LogP contribution in [0, 0.1) is 5.82 Å². The van der Waals surface area contributed by atoms with Crippen molar-refractivity contribution in [3.05, 3.63) is 90.0 Å². The predicted octanol–water partition coefficient (Wildman–Crippen LogP) is 6.04. The van der Waals surface area contributed by atoms with Crippen LogP contribution in [0.5, 0.6) is 0 Å².